The highest BCUT2D eigenvalue weighted by molar-refractivity contribution is 5.30. The van der Waals surface area contributed by atoms with Gasteiger partial charge in [-0.1, -0.05) is 6.07 Å². The molecule has 0 aromatic heterocycles. The molecule has 0 bridgehead atoms. The fourth-order valence-electron chi connectivity index (χ4n) is 1.38. The zero-order chi connectivity index (χ0) is 8.55. The summed E-state index contributed by atoms with van der Waals surface area (Å²) in [7, 11) is 0. The van der Waals surface area contributed by atoms with Crippen molar-refractivity contribution in [3.63, 3.8) is 0 Å². The lowest BCUT2D eigenvalue weighted by Crippen LogP contribution is -2.12. The van der Waals surface area contributed by atoms with E-state index in [9.17, 15) is 8.78 Å². The largest absolute Gasteiger partial charge is 0.376 e. The van der Waals surface area contributed by atoms with Crippen LogP contribution in [0.1, 0.15) is 11.1 Å². The van der Waals surface area contributed by atoms with Crippen molar-refractivity contribution in [1.29, 1.82) is 0 Å². The van der Waals surface area contributed by atoms with Crippen LogP contribution in [0.25, 0.3) is 0 Å². The molecule has 0 radical (unpaired) electrons. The van der Waals surface area contributed by atoms with Crippen LogP contribution in [0.5, 0.6) is 0 Å². The Labute approximate surface area is 69.0 Å². The summed E-state index contributed by atoms with van der Waals surface area (Å²) in [6.07, 6.45) is 0.673. The van der Waals surface area contributed by atoms with Gasteiger partial charge in [-0.2, -0.15) is 0 Å². The average Bonchev–Trinajstić information content (AvgIpc) is 2.12. The van der Waals surface area contributed by atoms with Crippen LogP contribution < -0.4 is 0 Å². The van der Waals surface area contributed by atoms with Gasteiger partial charge in [-0.25, -0.2) is 8.78 Å². The molecule has 0 saturated carbocycles. The molecule has 3 heteroatoms. The standard InChI is InChI=1S/C9H8F2O/c10-8-2-1-6-3-4-12-5-7(6)9(8)11/h1-2H,3-5H2. The van der Waals surface area contributed by atoms with Crippen molar-refractivity contribution in [3.05, 3.63) is 34.9 Å². The number of hydrogen-bond acceptors (Lipinski definition) is 1. The monoisotopic (exact) mass is 170 g/mol. The van der Waals surface area contributed by atoms with Gasteiger partial charge in [0.1, 0.15) is 0 Å². The maximum absolute atomic E-state index is 13.0. The molecule has 0 saturated heterocycles. The fourth-order valence-corrected chi connectivity index (χ4v) is 1.38. The Balaban J connectivity index is 2.54. The summed E-state index contributed by atoms with van der Waals surface area (Å²) in [5.74, 6) is -1.55. The minimum Gasteiger partial charge on any atom is -0.376 e. The Kier molecular flexibility index (Phi) is 1.81. The minimum atomic E-state index is -0.792. The lowest BCUT2D eigenvalue weighted by Gasteiger charge is -2.16. The van der Waals surface area contributed by atoms with E-state index in [1.807, 2.05) is 0 Å². The second-order valence-corrected chi connectivity index (χ2v) is 2.80. The molecular formula is C9H8F2O. The van der Waals surface area contributed by atoms with Gasteiger partial charge in [0.25, 0.3) is 0 Å². The molecular weight excluding hydrogens is 162 g/mol. The van der Waals surface area contributed by atoms with Gasteiger partial charge in [0.2, 0.25) is 0 Å². The molecule has 0 unspecified atom stereocenters. The molecule has 1 heterocycles. The summed E-state index contributed by atoms with van der Waals surface area (Å²) in [5, 5.41) is 0. The third-order valence-corrected chi connectivity index (χ3v) is 2.06. The number of hydrogen-bond donors (Lipinski definition) is 0. The Morgan fingerprint density at radius 3 is 2.92 bits per heavy atom. The van der Waals surface area contributed by atoms with Crippen molar-refractivity contribution in [2.45, 2.75) is 13.0 Å². The van der Waals surface area contributed by atoms with Crippen LogP contribution >= 0.6 is 0 Å². The van der Waals surface area contributed by atoms with Gasteiger partial charge in [0.15, 0.2) is 11.6 Å². The minimum absolute atomic E-state index is 0.193. The van der Waals surface area contributed by atoms with E-state index < -0.39 is 11.6 Å². The topological polar surface area (TPSA) is 9.23 Å². The number of rotatable bonds is 0. The molecule has 0 atom stereocenters. The Morgan fingerprint density at radius 2 is 2.08 bits per heavy atom. The van der Waals surface area contributed by atoms with E-state index in [0.717, 1.165) is 5.56 Å². The van der Waals surface area contributed by atoms with Gasteiger partial charge >= 0.3 is 0 Å². The van der Waals surface area contributed by atoms with Crippen molar-refractivity contribution >= 4 is 0 Å². The lowest BCUT2D eigenvalue weighted by molar-refractivity contribution is 0.107. The van der Waals surface area contributed by atoms with Gasteiger partial charge < -0.3 is 4.74 Å². The first-order chi connectivity index (χ1) is 5.79. The zero-order valence-corrected chi connectivity index (χ0v) is 6.44. The quantitative estimate of drug-likeness (QED) is 0.579. The van der Waals surface area contributed by atoms with Gasteiger partial charge in [0, 0.05) is 5.56 Å². The highest BCUT2D eigenvalue weighted by Gasteiger charge is 2.16. The van der Waals surface area contributed by atoms with E-state index in [0.29, 0.717) is 18.6 Å². The predicted molar refractivity (Wildman–Crippen MR) is 39.7 cm³/mol. The van der Waals surface area contributed by atoms with Crippen LogP contribution in [0.2, 0.25) is 0 Å². The Morgan fingerprint density at radius 1 is 1.25 bits per heavy atom. The van der Waals surface area contributed by atoms with Crippen molar-refractivity contribution < 1.29 is 13.5 Å². The summed E-state index contributed by atoms with van der Waals surface area (Å²) in [4.78, 5) is 0. The predicted octanol–water partition coefficient (Wildman–Crippen LogP) is 2.04. The summed E-state index contributed by atoms with van der Waals surface area (Å²) in [6, 6.07) is 2.79. The molecule has 0 spiro atoms. The molecule has 1 aliphatic rings. The Hall–Kier alpha value is -0.960. The normalized spacial score (nSPS) is 15.8. The third kappa shape index (κ3) is 1.10. The number of benzene rings is 1. The summed E-state index contributed by atoms with van der Waals surface area (Å²) in [5.41, 5.74) is 1.24. The first-order valence-corrected chi connectivity index (χ1v) is 3.82. The second kappa shape index (κ2) is 2.83. The van der Waals surface area contributed by atoms with E-state index in [1.165, 1.54) is 6.07 Å². The van der Waals surface area contributed by atoms with Crippen molar-refractivity contribution in [2.75, 3.05) is 6.61 Å². The van der Waals surface area contributed by atoms with Gasteiger partial charge in [0.05, 0.1) is 13.2 Å². The summed E-state index contributed by atoms with van der Waals surface area (Å²) < 4.78 is 30.7. The lowest BCUT2D eigenvalue weighted by atomic mass is 10.0. The molecule has 0 amide bonds. The molecule has 1 aliphatic heterocycles. The van der Waals surface area contributed by atoms with Crippen LogP contribution in [-0.2, 0) is 17.8 Å². The highest BCUT2D eigenvalue weighted by Crippen LogP contribution is 2.21. The maximum atomic E-state index is 13.0. The molecule has 0 N–H and O–H groups in total. The van der Waals surface area contributed by atoms with Crippen molar-refractivity contribution in [1.82, 2.24) is 0 Å². The number of halogens is 2. The molecule has 64 valence electrons. The van der Waals surface area contributed by atoms with Crippen LogP contribution in [0.3, 0.4) is 0 Å². The first-order valence-electron chi connectivity index (χ1n) is 3.82. The van der Waals surface area contributed by atoms with Crippen LogP contribution in [0.4, 0.5) is 8.78 Å². The molecule has 2 rings (SSSR count). The molecule has 1 aromatic rings. The van der Waals surface area contributed by atoms with E-state index in [2.05, 4.69) is 0 Å². The SMILES string of the molecule is Fc1ccc2c(c1F)COCC2. The number of ether oxygens (including phenoxy) is 1. The van der Waals surface area contributed by atoms with E-state index in [4.69, 9.17) is 4.74 Å². The third-order valence-electron chi connectivity index (χ3n) is 2.06. The smallest absolute Gasteiger partial charge is 0.164 e. The van der Waals surface area contributed by atoms with E-state index in [-0.39, 0.29) is 6.61 Å². The second-order valence-electron chi connectivity index (χ2n) is 2.80. The average molecular weight is 170 g/mol. The molecule has 0 aliphatic carbocycles. The van der Waals surface area contributed by atoms with Gasteiger partial charge in [-0.05, 0) is 18.1 Å². The zero-order valence-electron chi connectivity index (χ0n) is 6.44. The molecule has 12 heavy (non-hydrogen) atoms. The molecule has 1 aromatic carbocycles. The number of fused-ring (bicyclic) bond motifs is 1. The van der Waals surface area contributed by atoms with E-state index in [1.54, 1.807) is 6.07 Å². The molecule has 1 nitrogen and oxygen atoms in total. The Bertz CT molecular complexity index is 310. The first kappa shape index (κ1) is 7.68. The fraction of sp³-hybridized carbons (Fsp3) is 0.333. The summed E-state index contributed by atoms with van der Waals surface area (Å²) in [6.45, 7) is 0.789. The summed E-state index contributed by atoms with van der Waals surface area (Å²) >= 11 is 0. The van der Waals surface area contributed by atoms with Crippen molar-refractivity contribution in [3.8, 4) is 0 Å². The molecule has 0 fully saturated rings. The van der Waals surface area contributed by atoms with E-state index >= 15 is 0 Å². The van der Waals surface area contributed by atoms with Crippen LogP contribution in [0, 0.1) is 11.6 Å². The highest BCUT2D eigenvalue weighted by atomic mass is 19.2. The van der Waals surface area contributed by atoms with Crippen LogP contribution in [0.15, 0.2) is 12.1 Å². The van der Waals surface area contributed by atoms with Crippen molar-refractivity contribution in [2.24, 2.45) is 0 Å². The van der Waals surface area contributed by atoms with Gasteiger partial charge in [-0.3, -0.25) is 0 Å². The van der Waals surface area contributed by atoms with Crippen LogP contribution in [-0.4, -0.2) is 6.61 Å². The maximum Gasteiger partial charge on any atom is 0.164 e. The van der Waals surface area contributed by atoms with Gasteiger partial charge in [-0.15, -0.1) is 0 Å².